The Labute approximate surface area is 180 Å². The molecule has 0 fully saturated rings. The highest BCUT2D eigenvalue weighted by Crippen LogP contribution is 2.34. The second-order valence-corrected chi connectivity index (χ2v) is 6.88. The Morgan fingerprint density at radius 3 is 2.93 bits per heavy atom. The number of rotatable bonds is 7. The molecule has 1 aliphatic rings. The summed E-state index contributed by atoms with van der Waals surface area (Å²) in [6.07, 6.45) is 0. The molecule has 1 N–H and O–H groups in total. The Morgan fingerprint density at radius 1 is 1.37 bits per heavy atom. The minimum Gasteiger partial charge on any atom is -0.492 e. The molecular weight excluding hydrogens is 479 g/mol. The predicted octanol–water partition coefficient (Wildman–Crippen LogP) is 3.27. The number of aromatic nitrogens is 1. The van der Waals surface area contributed by atoms with Crippen molar-refractivity contribution in [2.45, 2.75) is 20.4 Å². The average molecular weight is 504 g/mol. The summed E-state index contributed by atoms with van der Waals surface area (Å²) in [6.45, 7) is 6.90. The number of hydrogen-bond acceptors (Lipinski definition) is 6. The topological polar surface area (TPSA) is 68.2 Å². The minimum absolute atomic E-state index is 0. The van der Waals surface area contributed by atoms with Crippen LogP contribution in [0, 0.1) is 6.92 Å². The Balaban J connectivity index is 0.00000261. The van der Waals surface area contributed by atoms with Crippen LogP contribution in [0.4, 0.5) is 0 Å². The second-order valence-electron chi connectivity index (χ2n) is 5.81. The number of thiazole rings is 1. The monoisotopic (exact) mass is 504 g/mol. The van der Waals surface area contributed by atoms with Crippen LogP contribution in [-0.2, 0) is 6.54 Å². The Hall–Kier alpha value is -1.75. The number of ether oxygens (including phenoxy) is 3. The van der Waals surface area contributed by atoms with E-state index in [0.29, 0.717) is 13.2 Å². The molecule has 2 heterocycles. The van der Waals surface area contributed by atoms with Crippen molar-refractivity contribution in [3.8, 4) is 17.2 Å². The molecule has 0 amide bonds. The summed E-state index contributed by atoms with van der Waals surface area (Å²) in [6, 6.07) is 5.57. The molecule has 0 bridgehead atoms. The van der Waals surface area contributed by atoms with E-state index in [1.54, 1.807) is 11.3 Å². The lowest BCUT2D eigenvalue weighted by Crippen LogP contribution is -2.38. The highest BCUT2D eigenvalue weighted by Gasteiger charge is 2.13. The first-order valence-corrected chi connectivity index (χ1v) is 9.46. The summed E-state index contributed by atoms with van der Waals surface area (Å²) in [5, 5.41) is 6.46. The molecule has 0 atom stereocenters. The third kappa shape index (κ3) is 6.13. The largest absolute Gasteiger partial charge is 0.492 e. The van der Waals surface area contributed by atoms with E-state index in [2.05, 4.69) is 32.5 Å². The number of halogens is 1. The van der Waals surface area contributed by atoms with Gasteiger partial charge in [0.1, 0.15) is 12.4 Å². The lowest BCUT2D eigenvalue weighted by molar-refractivity contribution is 0.174. The van der Waals surface area contributed by atoms with Crippen molar-refractivity contribution >= 4 is 41.3 Å². The van der Waals surface area contributed by atoms with Crippen LogP contribution in [-0.4, -0.2) is 49.4 Å². The smallest absolute Gasteiger partial charge is 0.231 e. The number of fused-ring (bicyclic) bond motifs is 1. The van der Waals surface area contributed by atoms with Gasteiger partial charge >= 0.3 is 0 Å². The number of benzene rings is 1. The Bertz CT molecular complexity index is 769. The zero-order valence-electron chi connectivity index (χ0n) is 15.7. The first-order valence-electron chi connectivity index (χ1n) is 8.58. The zero-order chi connectivity index (χ0) is 18.4. The molecular formula is C18H25IN4O3S. The maximum atomic E-state index is 5.76. The van der Waals surface area contributed by atoms with Crippen LogP contribution in [0.15, 0.2) is 28.6 Å². The summed E-state index contributed by atoms with van der Waals surface area (Å²) in [5.41, 5.74) is 1.05. The van der Waals surface area contributed by atoms with Crippen molar-refractivity contribution in [3.05, 3.63) is 34.3 Å². The normalized spacial score (nSPS) is 12.5. The van der Waals surface area contributed by atoms with Crippen molar-refractivity contribution in [1.82, 2.24) is 15.2 Å². The van der Waals surface area contributed by atoms with Crippen LogP contribution >= 0.6 is 35.3 Å². The predicted molar refractivity (Wildman–Crippen MR) is 118 cm³/mol. The number of hydrogen-bond donors (Lipinski definition) is 1. The van der Waals surface area contributed by atoms with E-state index in [9.17, 15) is 0 Å². The van der Waals surface area contributed by atoms with Crippen LogP contribution in [0.5, 0.6) is 17.2 Å². The lowest BCUT2D eigenvalue weighted by Gasteiger charge is -2.21. The Kier molecular flexibility index (Phi) is 8.42. The van der Waals surface area contributed by atoms with Gasteiger partial charge in [-0.1, -0.05) is 0 Å². The number of nitrogens with zero attached hydrogens (tertiary/aromatic N) is 3. The van der Waals surface area contributed by atoms with Crippen molar-refractivity contribution in [1.29, 1.82) is 0 Å². The number of aryl methyl sites for hydroxylation is 1. The van der Waals surface area contributed by atoms with Crippen molar-refractivity contribution in [2.24, 2.45) is 4.99 Å². The van der Waals surface area contributed by atoms with E-state index in [1.165, 1.54) is 0 Å². The highest BCUT2D eigenvalue weighted by atomic mass is 127. The molecule has 0 saturated heterocycles. The van der Waals surface area contributed by atoms with Gasteiger partial charge in [0.25, 0.3) is 0 Å². The molecule has 3 rings (SSSR count). The van der Waals surface area contributed by atoms with Crippen molar-refractivity contribution in [3.63, 3.8) is 0 Å². The zero-order valence-corrected chi connectivity index (χ0v) is 18.9. The van der Waals surface area contributed by atoms with Gasteiger partial charge in [-0.15, -0.1) is 35.3 Å². The van der Waals surface area contributed by atoms with Crippen LogP contribution in [0.1, 0.15) is 17.6 Å². The maximum absolute atomic E-state index is 5.76. The first-order chi connectivity index (χ1) is 12.7. The maximum Gasteiger partial charge on any atom is 0.231 e. The van der Waals surface area contributed by atoms with Gasteiger partial charge in [0.05, 0.1) is 23.8 Å². The molecule has 27 heavy (non-hydrogen) atoms. The van der Waals surface area contributed by atoms with Gasteiger partial charge in [-0.05, 0) is 26.0 Å². The average Bonchev–Trinajstić information content (AvgIpc) is 3.25. The summed E-state index contributed by atoms with van der Waals surface area (Å²) in [7, 11) is 2.01. The molecule has 1 aliphatic heterocycles. The SMILES string of the molecule is CCNC(=NCCOc1ccc2c(c1)OCO2)N(C)Cc1csc(C)n1.I. The van der Waals surface area contributed by atoms with E-state index in [0.717, 1.165) is 47.0 Å². The molecule has 2 aromatic rings. The molecule has 0 unspecified atom stereocenters. The molecule has 0 saturated carbocycles. The van der Waals surface area contributed by atoms with Crippen molar-refractivity contribution in [2.75, 3.05) is 33.5 Å². The molecule has 1 aromatic heterocycles. The lowest BCUT2D eigenvalue weighted by atomic mass is 10.3. The summed E-state index contributed by atoms with van der Waals surface area (Å²) >= 11 is 1.66. The standard InChI is InChI=1S/C18H24N4O3S.HI/c1-4-19-18(22(3)10-14-11-26-13(2)21-14)20-7-8-23-15-5-6-16-17(9-15)25-12-24-16;/h5-6,9,11H,4,7-8,10,12H2,1-3H3,(H,19,20);1H. The quantitative estimate of drug-likeness (QED) is 0.270. The van der Waals surface area contributed by atoms with Gasteiger partial charge in [-0.25, -0.2) is 9.98 Å². The van der Waals surface area contributed by atoms with Gasteiger partial charge in [0, 0.05) is 25.0 Å². The molecule has 0 radical (unpaired) electrons. The third-order valence-electron chi connectivity index (χ3n) is 3.73. The molecule has 1 aromatic carbocycles. The van der Waals surface area contributed by atoms with E-state index in [4.69, 9.17) is 14.2 Å². The number of guanidine groups is 1. The highest BCUT2D eigenvalue weighted by molar-refractivity contribution is 14.0. The van der Waals surface area contributed by atoms with E-state index < -0.39 is 0 Å². The molecule has 7 nitrogen and oxygen atoms in total. The number of aliphatic imine (C=N–C) groups is 1. The summed E-state index contributed by atoms with van der Waals surface area (Å²) < 4.78 is 16.4. The van der Waals surface area contributed by atoms with Crippen LogP contribution < -0.4 is 19.5 Å². The van der Waals surface area contributed by atoms with Gasteiger partial charge in [-0.2, -0.15) is 0 Å². The van der Waals surface area contributed by atoms with Crippen LogP contribution in [0.25, 0.3) is 0 Å². The fourth-order valence-electron chi connectivity index (χ4n) is 2.55. The summed E-state index contributed by atoms with van der Waals surface area (Å²) in [4.78, 5) is 11.2. The van der Waals surface area contributed by atoms with Crippen molar-refractivity contribution < 1.29 is 14.2 Å². The van der Waals surface area contributed by atoms with E-state index >= 15 is 0 Å². The molecule has 9 heteroatoms. The fraction of sp³-hybridized carbons (Fsp3) is 0.444. The van der Waals surface area contributed by atoms with Gasteiger partial charge < -0.3 is 24.4 Å². The molecule has 0 spiro atoms. The van der Waals surface area contributed by atoms with Crippen LogP contribution in [0.3, 0.4) is 0 Å². The van der Waals surface area contributed by atoms with Crippen LogP contribution in [0.2, 0.25) is 0 Å². The third-order valence-corrected chi connectivity index (χ3v) is 4.55. The molecule has 148 valence electrons. The van der Waals surface area contributed by atoms with Gasteiger partial charge in [-0.3, -0.25) is 0 Å². The fourth-order valence-corrected chi connectivity index (χ4v) is 3.15. The second kappa shape index (κ2) is 10.5. The number of nitrogens with one attached hydrogen (secondary N) is 1. The van der Waals surface area contributed by atoms with Gasteiger partial charge in [0.15, 0.2) is 17.5 Å². The first kappa shape index (κ1) is 21.5. The molecule has 0 aliphatic carbocycles. The van der Waals surface area contributed by atoms with E-state index in [1.807, 2.05) is 32.2 Å². The van der Waals surface area contributed by atoms with E-state index in [-0.39, 0.29) is 30.8 Å². The Morgan fingerprint density at radius 2 is 2.19 bits per heavy atom. The summed E-state index contributed by atoms with van der Waals surface area (Å²) in [5.74, 6) is 3.06. The minimum atomic E-state index is 0. The van der Waals surface area contributed by atoms with Gasteiger partial charge in [0.2, 0.25) is 6.79 Å².